The molecule has 0 bridgehead atoms. The number of piperazine rings is 1. The summed E-state index contributed by atoms with van der Waals surface area (Å²) in [6.45, 7) is 2.69. The molecule has 1 aliphatic carbocycles. The van der Waals surface area contributed by atoms with Crippen LogP contribution in [-0.2, 0) is 16.0 Å². The second-order valence-corrected chi connectivity index (χ2v) is 7.39. The highest BCUT2D eigenvalue weighted by Gasteiger charge is 2.29. The minimum absolute atomic E-state index is 0.178. The molecule has 2 fully saturated rings. The number of nitrogens with zero attached hydrogens (tertiary/aromatic N) is 2. The van der Waals surface area contributed by atoms with Crippen molar-refractivity contribution in [1.82, 2.24) is 9.80 Å². The van der Waals surface area contributed by atoms with Crippen LogP contribution in [0, 0.1) is 5.92 Å². The molecule has 2 amide bonds. The van der Waals surface area contributed by atoms with Gasteiger partial charge in [-0.15, -0.1) is 0 Å². The van der Waals surface area contributed by atoms with Gasteiger partial charge in [0.1, 0.15) is 5.75 Å². The maximum atomic E-state index is 12.6. The Bertz CT molecular complexity index is 617. The van der Waals surface area contributed by atoms with Gasteiger partial charge in [-0.3, -0.25) is 9.59 Å². The number of hydrogen-bond donors (Lipinski definition) is 0. The fourth-order valence-electron chi connectivity index (χ4n) is 4.02. The van der Waals surface area contributed by atoms with Gasteiger partial charge in [-0.05, 0) is 37.0 Å². The normalized spacial score (nSPS) is 18.7. The zero-order valence-electron chi connectivity index (χ0n) is 15.8. The lowest BCUT2D eigenvalue weighted by Gasteiger charge is -2.37. The van der Waals surface area contributed by atoms with E-state index in [4.69, 9.17) is 4.74 Å². The third-order valence-electron chi connectivity index (χ3n) is 5.66. The second kappa shape index (κ2) is 9.06. The van der Waals surface area contributed by atoms with Gasteiger partial charge in [0.05, 0.1) is 7.11 Å². The van der Waals surface area contributed by atoms with Crippen LogP contribution in [0.3, 0.4) is 0 Å². The Labute approximate surface area is 156 Å². The third-order valence-corrected chi connectivity index (χ3v) is 5.66. The van der Waals surface area contributed by atoms with Crippen LogP contribution < -0.4 is 4.74 Å². The van der Waals surface area contributed by atoms with E-state index in [2.05, 4.69) is 0 Å². The van der Waals surface area contributed by atoms with E-state index >= 15 is 0 Å². The van der Waals surface area contributed by atoms with Crippen LogP contribution >= 0.6 is 0 Å². The summed E-state index contributed by atoms with van der Waals surface area (Å²) in [4.78, 5) is 29.0. The van der Waals surface area contributed by atoms with E-state index < -0.39 is 0 Å². The predicted molar refractivity (Wildman–Crippen MR) is 101 cm³/mol. The number of hydrogen-bond acceptors (Lipinski definition) is 3. The van der Waals surface area contributed by atoms with Crippen LogP contribution in [0.25, 0.3) is 0 Å². The molecule has 1 aromatic carbocycles. The van der Waals surface area contributed by atoms with E-state index in [1.54, 1.807) is 7.11 Å². The van der Waals surface area contributed by atoms with E-state index in [1.807, 2.05) is 34.1 Å². The highest BCUT2D eigenvalue weighted by molar-refractivity contribution is 5.80. The Morgan fingerprint density at radius 1 is 1.04 bits per heavy atom. The third kappa shape index (κ3) is 4.77. The Morgan fingerprint density at radius 3 is 2.42 bits per heavy atom. The summed E-state index contributed by atoms with van der Waals surface area (Å²) in [6.07, 6.45) is 6.93. The van der Waals surface area contributed by atoms with Crippen LogP contribution in [0.1, 0.15) is 44.1 Å². The molecule has 2 aliphatic rings. The van der Waals surface area contributed by atoms with Gasteiger partial charge in [0, 0.05) is 38.5 Å². The first-order chi connectivity index (χ1) is 12.7. The maximum Gasteiger partial charge on any atom is 0.225 e. The average Bonchev–Trinajstić information content (AvgIpc) is 2.72. The summed E-state index contributed by atoms with van der Waals surface area (Å²) >= 11 is 0. The molecule has 1 heterocycles. The molecule has 1 aliphatic heterocycles. The first-order valence-electron chi connectivity index (χ1n) is 9.87. The van der Waals surface area contributed by atoms with Crippen molar-refractivity contribution >= 4 is 11.8 Å². The van der Waals surface area contributed by atoms with Gasteiger partial charge < -0.3 is 14.5 Å². The van der Waals surface area contributed by atoms with Gasteiger partial charge in [0.25, 0.3) is 0 Å². The standard InChI is InChI=1S/C21H30N2O3/c1-26-19-9-5-6-17(16-19)10-11-20(24)22-12-14-23(15-13-22)21(25)18-7-3-2-4-8-18/h5-6,9,16,18H,2-4,7-8,10-15H2,1H3. The maximum absolute atomic E-state index is 12.6. The highest BCUT2D eigenvalue weighted by atomic mass is 16.5. The number of benzene rings is 1. The molecule has 0 radical (unpaired) electrons. The van der Waals surface area contributed by atoms with Crippen LogP contribution in [0.15, 0.2) is 24.3 Å². The van der Waals surface area contributed by atoms with Crippen molar-refractivity contribution in [2.24, 2.45) is 5.92 Å². The van der Waals surface area contributed by atoms with Gasteiger partial charge in [-0.2, -0.15) is 0 Å². The number of rotatable bonds is 5. The Kier molecular flexibility index (Phi) is 6.53. The van der Waals surface area contributed by atoms with E-state index in [0.717, 1.165) is 30.6 Å². The van der Waals surface area contributed by atoms with Gasteiger partial charge >= 0.3 is 0 Å². The summed E-state index contributed by atoms with van der Waals surface area (Å²) in [5.41, 5.74) is 1.11. The van der Waals surface area contributed by atoms with Gasteiger partial charge in [-0.25, -0.2) is 0 Å². The van der Waals surface area contributed by atoms with E-state index in [1.165, 1.54) is 19.3 Å². The lowest BCUT2D eigenvalue weighted by atomic mass is 9.88. The van der Waals surface area contributed by atoms with Crippen LogP contribution in [0.5, 0.6) is 5.75 Å². The lowest BCUT2D eigenvalue weighted by molar-refractivity contribution is -0.142. The SMILES string of the molecule is COc1cccc(CCC(=O)N2CCN(C(=O)C3CCCCC3)CC2)c1. The smallest absolute Gasteiger partial charge is 0.225 e. The molecule has 1 aromatic rings. The number of carbonyl (C=O) groups excluding carboxylic acids is 2. The molecule has 0 unspecified atom stereocenters. The molecule has 3 rings (SSSR count). The van der Waals surface area contributed by atoms with Gasteiger partial charge in [0.2, 0.25) is 11.8 Å². The summed E-state index contributed by atoms with van der Waals surface area (Å²) < 4.78 is 5.23. The molecular weight excluding hydrogens is 328 g/mol. The molecule has 5 nitrogen and oxygen atoms in total. The summed E-state index contributed by atoms with van der Waals surface area (Å²) in [5, 5.41) is 0. The quantitative estimate of drug-likeness (QED) is 0.813. The van der Waals surface area contributed by atoms with Crippen molar-refractivity contribution in [3.63, 3.8) is 0 Å². The topological polar surface area (TPSA) is 49.9 Å². The van der Waals surface area contributed by atoms with E-state index in [-0.39, 0.29) is 11.8 Å². The molecule has 26 heavy (non-hydrogen) atoms. The fraction of sp³-hybridized carbons (Fsp3) is 0.619. The van der Waals surface area contributed by atoms with E-state index in [0.29, 0.717) is 38.5 Å². The monoisotopic (exact) mass is 358 g/mol. The van der Waals surface area contributed by atoms with Crippen molar-refractivity contribution < 1.29 is 14.3 Å². The van der Waals surface area contributed by atoms with Crippen molar-refractivity contribution in [2.45, 2.75) is 44.9 Å². The minimum atomic E-state index is 0.178. The molecule has 0 N–H and O–H groups in total. The van der Waals surface area contributed by atoms with Gasteiger partial charge in [0.15, 0.2) is 0 Å². The number of ether oxygens (including phenoxy) is 1. The fourth-order valence-corrected chi connectivity index (χ4v) is 4.02. The average molecular weight is 358 g/mol. The Hall–Kier alpha value is -2.04. The molecule has 5 heteroatoms. The van der Waals surface area contributed by atoms with Gasteiger partial charge in [-0.1, -0.05) is 31.4 Å². The number of aryl methyl sites for hydroxylation is 1. The lowest BCUT2D eigenvalue weighted by Crippen LogP contribution is -2.52. The number of methoxy groups -OCH3 is 1. The molecule has 1 saturated heterocycles. The zero-order chi connectivity index (χ0) is 18.4. The van der Waals surface area contributed by atoms with Crippen molar-refractivity contribution in [2.75, 3.05) is 33.3 Å². The second-order valence-electron chi connectivity index (χ2n) is 7.39. The van der Waals surface area contributed by atoms with Crippen molar-refractivity contribution in [3.8, 4) is 5.75 Å². The molecule has 0 atom stereocenters. The van der Waals surface area contributed by atoms with E-state index in [9.17, 15) is 9.59 Å². The van der Waals surface area contributed by atoms with Crippen molar-refractivity contribution in [1.29, 1.82) is 0 Å². The minimum Gasteiger partial charge on any atom is -0.497 e. The number of amides is 2. The number of carbonyl (C=O) groups is 2. The van der Waals surface area contributed by atoms with Crippen molar-refractivity contribution in [3.05, 3.63) is 29.8 Å². The van der Waals surface area contributed by atoms with Crippen LogP contribution in [0.2, 0.25) is 0 Å². The summed E-state index contributed by atoms with van der Waals surface area (Å²) in [5.74, 6) is 1.54. The Balaban J connectivity index is 1.43. The first-order valence-corrected chi connectivity index (χ1v) is 9.87. The summed E-state index contributed by atoms with van der Waals surface area (Å²) in [7, 11) is 1.65. The molecular formula is C21H30N2O3. The molecule has 0 aromatic heterocycles. The molecule has 0 spiro atoms. The summed E-state index contributed by atoms with van der Waals surface area (Å²) in [6, 6.07) is 7.87. The predicted octanol–water partition coefficient (Wildman–Crippen LogP) is 2.88. The zero-order valence-corrected chi connectivity index (χ0v) is 15.8. The highest BCUT2D eigenvalue weighted by Crippen LogP contribution is 2.26. The van der Waals surface area contributed by atoms with Crippen LogP contribution in [0.4, 0.5) is 0 Å². The van der Waals surface area contributed by atoms with Crippen LogP contribution in [-0.4, -0.2) is 54.9 Å². The molecule has 142 valence electrons. The first kappa shape index (κ1) is 18.7. The Morgan fingerprint density at radius 2 is 1.73 bits per heavy atom. The largest absolute Gasteiger partial charge is 0.497 e. The molecule has 1 saturated carbocycles.